The molecule has 0 aliphatic carbocycles. The lowest BCUT2D eigenvalue weighted by atomic mass is 10.1. The summed E-state index contributed by atoms with van der Waals surface area (Å²) in [5, 5.41) is 9.95. The molecule has 2 aromatic rings. The van der Waals surface area contributed by atoms with Crippen LogP contribution in [-0.4, -0.2) is 52.8 Å². The van der Waals surface area contributed by atoms with Crippen molar-refractivity contribution >= 4 is 0 Å². The van der Waals surface area contributed by atoms with E-state index in [9.17, 15) is 5.11 Å². The summed E-state index contributed by atoms with van der Waals surface area (Å²) in [6, 6.07) is 8.00. The van der Waals surface area contributed by atoms with E-state index in [4.69, 9.17) is 14.2 Å². The first-order valence-corrected chi connectivity index (χ1v) is 8.81. The Morgan fingerprint density at radius 3 is 2.96 bits per heavy atom. The molecule has 4 atom stereocenters. The number of hydrogen-bond acceptors (Lipinski definition) is 5. The highest BCUT2D eigenvalue weighted by atomic mass is 16.6. The fourth-order valence-electron chi connectivity index (χ4n) is 3.49. The Bertz CT molecular complexity index is 730. The quantitative estimate of drug-likeness (QED) is 0.901. The van der Waals surface area contributed by atoms with E-state index in [1.54, 1.807) is 6.20 Å². The molecule has 25 heavy (non-hydrogen) atoms. The molecule has 1 aromatic heterocycles. The lowest BCUT2D eigenvalue weighted by Gasteiger charge is -2.20. The lowest BCUT2D eigenvalue weighted by molar-refractivity contribution is 0.0172. The van der Waals surface area contributed by atoms with Crippen LogP contribution in [0, 0.1) is 5.92 Å². The zero-order valence-electron chi connectivity index (χ0n) is 14.5. The van der Waals surface area contributed by atoms with Crippen LogP contribution >= 0.6 is 0 Å². The van der Waals surface area contributed by atoms with Gasteiger partial charge in [0.2, 0.25) is 0 Å². The summed E-state index contributed by atoms with van der Waals surface area (Å²) < 4.78 is 19.4. The number of rotatable bonds is 5. The van der Waals surface area contributed by atoms with Gasteiger partial charge in [-0.1, -0.05) is 26.0 Å². The largest absolute Gasteiger partial charge is 0.493 e. The fraction of sp³-hybridized carbons (Fsp3) is 0.526. The fourth-order valence-corrected chi connectivity index (χ4v) is 3.49. The van der Waals surface area contributed by atoms with Crippen LogP contribution in [0.1, 0.15) is 19.9 Å². The molecule has 2 saturated heterocycles. The molecular formula is C19H24N2O4. The summed E-state index contributed by atoms with van der Waals surface area (Å²) >= 11 is 0. The second kappa shape index (κ2) is 6.78. The predicted molar refractivity (Wildman–Crippen MR) is 92.5 cm³/mol. The van der Waals surface area contributed by atoms with Crippen LogP contribution in [0.4, 0.5) is 0 Å². The molecule has 2 aliphatic rings. The third kappa shape index (κ3) is 3.17. The SMILES string of the molecule is CC(C)COc1cccc(-c2nccn2[C@@H]2CO[C@H]3[C@@H]2OC[C@H]3O)c1. The minimum absolute atomic E-state index is 0.0138. The van der Waals surface area contributed by atoms with Gasteiger partial charge in [0.05, 0.1) is 25.9 Å². The van der Waals surface area contributed by atoms with E-state index in [1.807, 2.05) is 30.5 Å². The minimum atomic E-state index is -0.547. The number of aliphatic hydroxyl groups is 1. The van der Waals surface area contributed by atoms with Crippen molar-refractivity contribution < 1.29 is 19.3 Å². The van der Waals surface area contributed by atoms with Crippen LogP contribution < -0.4 is 4.74 Å². The number of fused-ring (bicyclic) bond motifs is 1. The highest BCUT2D eigenvalue weighted by molar-refractivity contribution is 5.58. The van der Waals surface area contributed by atoms with Gasteiger partial charge in [0, 0.05) is 18.0 Å². The smallest absolute Gasteiger partial charge is 0.140 e. The lowest BCUT2D eigenvalue weighted by Crippen LogP contribution is -2.30. The summed E-state index contributed by atoms with van der Waals surface area (Å²) in [5.41, 5.74) is 0.994. The van der Waals surface area contributed by atoms with Crippen molar-refractivity contribution in [1.29, 1.82) is 0 Å². The van der Waals surface area contributed by atoms with E-state index < -0.39 is 6.10 Å². The topological polar surface area (TPSA) is 65.7 Å². The standard InChI is InChI=1S/C19H24N2O4/c1-12(2)9-23-14-5-3-4-13(8-14)19-20-6-7-21(19)15-10-24-18-16(22)11-25-17(15)18/h3-8,12,15-18,22H,9-11H2,1-2H3/t15-,16-,17-,18-/m1/s1. The third-order valence-electron chi connectivity index (χ3n) is 4.70. The highest BCUT2D eigenvalue weighted by Gasteiger charge is 2.48. The molecule has 0 bridgehead atoms. The maximum absolute atomic E-state index is 9.95. The molecule has 0 radical (unpaired) electrons. The van der Waals surface area contributed by atoms with Crippen molar-refractivity contribution in [3.8, 4) is 17.1 Å². The number of benzene rings is 1. The maximum atomic E-state index is 9.95. The molecule has 0 unspecified atom stereocenters. The van der Waals surface area contributed by atoms with Gasteiger partial charge in [0.25, 0.3) is 0 Å². The van der Waals surface area contributed by atoms with E-state index in [0.717, 1.165) is 17.1 Å². The van der Waals surface area contributed by atoms with Crippen LogP contribution in [0.25, 0.3) is 11.4 Å². The second-order valence-corrected chi connectivity index (χ2v) is 7.12. The van der Waals surface area contributed by atoms with Gasteiger partial charge in [-0.15, -0.1) is 0 Å². The van der Waals surface area contributed by atoms with Gasteiger partial charge in [-0.25, -0.2) is 4.98 Å². The number of imidazole rings is 1. The average Bonchev–Trinajstić information content (AvgIpc) is 3.31. The van der Waals surface area contributed by atoms with E-state index in [2.05, 4.69) is 23.4 Å². The summed E-state index contributed by atoms with van der Waals surface area (Å²) in [5.74, 6) is 2.17. The Morgan fingerprint density at radius 1 is 1.28 bits per heavy atom. The molecule has 1 aromatic carbocycles. The van der Waals surface area contributed by atoms with Crippen LogP contribution in [-0.2, 0) is 9.47 Å². The number of hydrogen-bond donors (Lipinski definition) is 1. The zero-order chi connectivity index (χ0) is 17.4. The van der Waals surface area contributed by atoms with E-state index in [-0.39, 0.29) is 18.2 Å². The molecule has 3 heterocycles. The third-order valence-corrected chi connectivity index (χ3v) is 4.70. The zero-order valence-corrected chi connectivity index (χ0v) is 14.5. The van der Waals surface area contributed by atoms with Crippen molar-refractivity contribution in [1.82, 2.24) is 9.55 Å². The molecule has 6 heteroatoms. The Morgan fingerprint density at radius 2 is 2.12 bits per heavy atom. The highest BCUT2D eigenvalue weighted by Crippen LogP contribution is 2.36. The molecule has 2 aliphatic heterocycles. The molecule has 0 saturated carbocycles. The molecular weight excluding hydrogens is 320 g/mol. The molecule has 4 rings (SSSR count). The monoisotopic (exact) mass is 344 g/mol. The van der Waals surface area contributed by atoms with Gasteiger partial charge in [-0.2, -0.15) is 0 Å². The predicted octanol–water partition coefficient (Wildman–Crippen LogP) is 2.28. The first-order chi connectivity index (χ1) is 12.1. The summed E-state index contributed by atoms with van der Waals surface area (Å²) in [6.45, 7) is 5.78. The molecule has 0 spiro atoms. The minimum Gasteiger partial charge on any atom is -0.493 e. The Labute approximate surface area is 147 Å². The van der Waals surface area contributed by atoms with E-state index >= 15 is 0 Å². The second-order valence-electron chi connectivity index (χ2n) is 7.12. The van der Waals surface area contributed by atoms with Gasteiger partial charge >= 0.3 is 0 Å². The van der Waals surface area contributed by atoms with Gasteiger partial charge < -0.3 is 23.9 Å². The first kappa shape index (κ1) is 16.6. The Balaban J connectivity index is 1.59. The Kier molecular flexibility index (Phi) is 4.50. The molecule has 2 fully saturated rings. The molecule has 6 nitrogen and oxygen atoms in total. The van der Waals surface area contributed by atoms with Gasteiger partial charge in [-0.3, -0.25) is 0 Å². The number of ether oxygens (including phenoxy) is 3. The summed E-state index contributed by atoms with van der Waals surface area (Å²) in [4.78, 5) is 4.53. The van der Waals surface area contributed by atoms with Crippen molar-refractivity contribution in [2.45, 2.75) is 38.2 Å². The maximum Gasteiger partial charge on any atom is 0.140 e. The van der Waals surface area contributed by atoms with Gasteiger partial charge in [0.1, 0.15) is 29.9 Å². The van der Waals surface area contributed by atoms with Crippen LogP contribution in [0.2, 0.25) is 0 Å². The number of aliphatic hydroxyl groups excluding tert-OH is 1. The Hall–Kier alpha value is -1.89. The van der Waals surface area contributed by atoms with Crippen molar-refractivity contribution in [2.24, 2.45) is 5.92 Å². The van der Waals surface area contributed by atoms with Crippen molar-refractivity contribution in [3.05, 3.63) is 36.7 Å². The van der Waals surface area contributed by atoms with Crippen LogP contribution in [0.5, 0.6) is 5.75 Å². The van der Waals surface area contributed by atoms with E-state index in [0.29, 0.717) is 25.7 Å². The van der Waals surface area contributed by atoms with Crippen LogP contribution in [0.3, 0.4) is 0 Å². The number of aromatic nitrogens is 2. The normalized spacial score (nSPS) is 28.5. The van der Waals surface area contributed by atoms with Crippen molar-refractivity contribution in [3.63, 3.8) is 0 Å². The number of nitrogens with zero attached hydrogens (tertiary/aromatic N) is 2. The van der Waals surface area contributed by atoms with Crippen molar-refractivity contribution in [2.75, 3.05) is 19.8 Å². The molecule has 134 valence electrons. The average molecular weight is 344 g/mol. The summed E-state index contributed by atoms with van der Waals surface area (Å²) in [6.07, 6.45) is 2.80. The van der Waals surface area contributed by atoms with Gasteiger partial charge in [0.15, 0.2) is 0 Å². The van der Waals surface area contributed by atoms with E-state index in [1.165, 1.54) is 0 Å². The van der Waals surface area contributed by atoms with Crippen LogP contribution in [0.15, 0.2) is 36.7 Å². The molecule has 0 amide bonds. The summed E-state index contributed by atoms with van der Waals surface area (Å²) in [7, 11) is 0. The molecule has 1 N–H and O–H groups in total. The first-order valence-electron chi connectivity index (χ1n) is 8.81. The van der Waals surface area contributed by atoms with Gasteiger partial charge in [-0.05, 0) is 18.1 Å².